The van der Waals surface area contributed by atoms with Crippen molar-refractivity contribution >= 4 is 23.5 Å². The second-order valence-electron chi connectivity index (χ2n) is 5.53. The number of benzene rings is 1. The first kappa shape index (κ1) is 19.7. The van der Waals surface area contributed by atoms with Gasteiger partial charge < -0.3 is 14.5 Å². The Balaban J connectivity index is 3.00. The van der Waals surface area contributed by atoms with Gasteiger partial charge in [-0.2, -0.15) is 0 Å². The molecule has 0 bridgehead atoms. The molecule has 1 aromatic rings. The molecule has 0 fully saturated rings. The quantitative estimate of drug-likeness (QED) is 0.685. The fraction of sp³-hybridized carbons (Fsp3) is 0.500. The highest BCUT2D eigenvalue weighted by atomic mass is 16.5. The number of nitrogens with zero attached hydrogens (tertiary/aromatic N) is 2. The molecule has 0 radical (unpaired) electrons. The van der Waals surface area contributed by atoms with Crippen molar-refractivity contribution in [3.05, 3.63) is 29.8 Å². The Labute approximate surface area is 143 Å². The average Bonchev–Trinajstić information content (AvgIpc) is 2.58. The average molecular weight is 334 g/mol. The highest BCUT2D eigenvalue weighted by molar-refractivity contribution is 5.99. The smallest absolute Gasteiger partial charge is 0.337 e. The van der Waals surface area contributed by atoms with E-state index in [1.807, 2.05) is 13.8 Å². The largest absolute Gasteiger partial charge is 0.465 e. The van der Waals surface area contributed by atoms with E-state index in [0.717, 1.165) is 12.8 Å². The summed E-state index contributed by atoms with van der Waals surface area (Å²) < 4.78 is 4.70. The van der Waals surface area contributed by atoms with Crippen LogP contribution in [0, 0.1) is 0 Å². The van der Waals surface area contributed by atoms with Crippen molar-refractivity contribution in [3.63, 3.8) is 0 Å². The zero-order valence-electron chi connectivity index (χ0n) is 14.9. The van der Waals surface area contributed by atoms with Gasteiger partial charge in [0.1, 0.15) is 6.54 Å². The van der Waals surface area contributed by atoms with Crippen LogP contribution in [0.2, 0.25) is 0 Å². The molecule has 1 rings (SSSR count). The Bertz CT molecular complexity index is 580. The summed E-state index contributed by atoms with van der Waals surface area (Å²) in [4.78, 5) is 39.3. The third-order valence-electron chi connectivity index (χ3n) is 3.59. The van der Waals surface area contributed by atoms with E-state index in [9.17, 15) is 14.4 Å². The van der Waals surface area contributed by atoms with Crippen LogP contribution in [0.3, 0.4) is 0 Å². The van der Waals surface area contributed by atoms with Gasteiger partial charge in [-0.3, -0.25) is 9.59 Å². The maximum absolute atomic E-state index is 12.5. The molecule has 0 atom stereocenters. The van der Waals surface area contributed by atoms with E-state index in [1.165, 1.54) is 18.9 Å². The summed E-state index contributed by atoms with van der Waals surface area (Å²) in [5.41, 5.74) is 0.847. The summed E-state index contributed by atoms with van der Waals surface area (Å²) in [6, 6.07) is 6.53. The molecule has 0 aliphatic heterocycles. The minimum atomic E-state index is -0.481. The second kappa shape index (κ2) is 9.70. The van der Waals surface area contributed by atoms with Crippen LogP contribution in [0.1, 0.15) is 44.0 Å². The van der Waals surface area contributed by atoms with Crippen molar-refractivity contribution in [2.45, 2.75) is 33.6 Å². The first-order valence-corrected chi connectivity index (χ1v) is 8.18. The van der Waals surface area contributed by atoms with E-state index in [2.05, 4.69) is 0 Å². The number of esters is 1. The number of hydrogen-bond donors (Lipinski definition) is 0. The first-order chi connectivity index (χ1) is 11.4. The minimum Gasteiger partial charge on any atom is -0.465 e. The van der Waals surface area contributed by atoms with E-state index in [-0.39, 0.29) is 18.4 Å². The maximum Gasteiger partial charge on any atom is 0.337 e. The van der Waals surface area contributed by atoms with Crippen molar-refractivity contribution in [3.8, 4) is 0 Å². The molecule has 24 heavy (non-hydrogen) atoms. The van der Waals surface area contributed by atoms with E-state index in [4.69, 9.17) is 4.74 Å². The summed E-state index contributed by atoms with van der Waals surface area (Å²) in [5.74, 6) is -0.832. The molecule has 0 aromatic heterocycles. The molecule has 2 amide bonds. The normalized spacial score (nSPS) is 10.2. The number of carbonyl (C=O) groups is 3. The predicted molar refractivity (Wildman–Crippen MR) is 93.0 cm³/mol. The van der Waals surface area contributed by atoms with Crippen LogP contribution in [0.15, 0.2) is 24.3 Å². The molecule has 0 saturated heterocycles. The number of methoxy groups -OCH3 is 1. The van der Waals surface area contributed by atoms with Crippen molar-refractivity contribution in [1.82, 2.24) is 4.90 Å². The molecule has 0 heterocycles. The minimum absolute atomic E-state index is 0.0417. The molecular weight excluding hydrogens is 308 g/mol. The molecule has 0 unspecified atom stereocenters. The van der Waals surface area contributed by atoms with Gasteiger partial charge in [-0.15, -0.1) is 0 Å². The highest BCUT2D eigenvalue weighted by Gasteiger charge is 2.20. The predicted octanol–water partition coefficient (Wildman–Crippen LogP) is 2.47. The van der Waals surface area contributed by atoms with Gasteiger partial charge in [0.05, 0.1) is 12.7 Å². The van der Waals surface area contributed by atoms with Gasteiger partial charge in [0.25, 0.3) is 0 Å². The fourth-order valence-corrected chi connectivity index (χ4v) is 2.44. The number of ether oxygens (including phenoxy) is 1. The summed E-state index contributed by atoms with van der Waals surface area (Å²) in [5, 5.41) is 0. The molecular formula is C18H26N2O4. The number of rotatable bonds is 8. The molecule has 0 spiro atoms. The van der Waals surface area contributed by atoms with E-state index in [0.29, 0.717) is 24.3 Å². The Morgan fingerprint density at radius 2 is 1.71 bits per heavy atom. The second-order valence-corrected chi connectivity index (χ2v) is 5.53. The van der Waals surface area contributed by atoms with Crippen LogP contribution in [0.25, 0.3) is 0 Å². The summed E-state index contributed by atoms with van der Waals surface area (Å²) >= 11 is 0. The topological polar surface area (TPSA) is 66.9 Å². The van der Waals surface area contributed by atoms with E-state index < -0.39 is 5.97 Å². The summed E-state index contributed by atoms with van der Waals surface area (Å²) in [6.45, 7) is 6.72. The van der Waals surface area contributed by atoms with Crippen LogP contribution in [0.4, 0.5) is 5.69 Å². The summed E-state index contributed by atoms with van der Waals surface area (Å²) in [7, 11) is 1.30. The van der Waals surface area contributed by atoms with Crippen molar-refractivity contribution in [2.75, 3.05) is 31.6 Å². The van der Waals surface area contributed by atoms with Crippen molar-refractivity contribution in [2.24, 2.45) is 0 Å². The monoisotopic (exact) mass is 334 g/mol. The molecule has 1 aromatic carbocycles. The van der Waals surface area contributed by atoms with E-state index in [1.54, 1.807) is 29.2 Å². The lowest BCUT2D eigenvalue weighted by molar-refractivity contribution is -0.131. The van der Waals surface area contributed by atoms with Crippen molar-refractivity contribution < 1.29 is 19.1 Å². The Kier molecular flexibility index (Phi) is 7.95. The molecule has 6 heteroatoms. The third kappa shape index (κ3) is 5.37. The summed E-state index contributed by atoms with van der Waals surface area (Å²) in [6.07, 6.45) is 1.73. The fourth-order valence-electron chi connectivity index (χ4n) is 2.44. The molecule has 0 aliphatic rings. The lowest BCUT2D eigenvalue weighted by Gasteiger charge is -2.27. The Morgan fingerprint density at radius 3 is 2.21 bits per heavy atom. The highest BCUT2D eigenvalue weighted by Crippen LogP contribution is 2.17. The standard InChI is InChI=1S/C18H26N2O4/c1-5-10-19(11-6-2)17(22)13-20(14(3)21)16-9-7-8-15(12-16)18(23)24-4/h7-9,12H,5-6,10-11,13H2,1-4H3. The van der Waals surface area contributed by atoms with Crippen LogP contribution in [-0.4, -0.2) is 49.4 Å². The number of hydrogen-bond acceptors (Lipinski definition) is 4. The van der Waals surface area contributed by atoms with Gasteiger partial charge in [0.15, 0.2) is 0 Å². The third-order valence-corrected chi connectivity index (χ3v) is 3.59. The molecule has 0 saturated carbocycles. The van der Waals surface area contributed by atoms with Gasteiger partial charge in [0, 0.05) is 25.7 Å². The number of anilines is 1. The number of carbonyl (C=O) groups excluding carboxylic acids is 3. The Hall–Kier alpha value is -2.37. The van der Waals surface area contributed by atoms with Gasteiger partial charge in [-0.05, 0) is 31.0 Å². The van der Waals surface area contributed by atoms with Gasteiger partial charge in [-0.25, -0.2) is 4.79 Å². The lowest BCUT2D eigenvalue weighted by atomic mass is 10.2. The van der Waals surface area contributed by atoms with Crippen molar-refractivity contribution in [1.29, 1.82) is 0 Å². The van der Waals surface area contributed by atoms with Crippen LogP contribution >= 0.6 is 0 Å². The van der Waals surface area contributed by atoms with Gasteiger partial charge in [0.2, 0.25) is 11.8 Å². The zero-order valence-corrected chi connectivity index (χ0v) is 14.9. The molecule has 0 aliphatic carbocycles. The zero-order chi connectivity index (χ0) is 18.1. The first-order valence-electron chi connectivity index (χ1n) is 8.18. The lowest BCUT2D eigenvalue weighted by Crippen LogP contribution is -2.43. The van der Waals surface area contributed by atoms with Crippen LogP contribution < -0.4 is 4.90 Å². The SMILES string of the molecule is CCCN(CCC)C(=O)CN(C(C)=O)c1cccc(C(=O)OC)c1. The maximum atomic E-state index is 12.5. The van der Waals surface area contributed by atoms with Gasteiger partial charge in [-0.1, -0.05) is 19.9 Å². The van der Waals surface area contributed by atoms with E-state index >= 15 is 0 Å². The molecule has 6 nitrogen and oxygen atoms in total. The van der Waals surface area contributed by atoms with Gasteiger partial charge >= 0.3 is 5.97 Å². The Morgan fingerprint density at radius 1 is 1.08 bits per heavy atom. The molecule has 132 valence electrons. The van der Waals surface area contributed by atoms with Crippen LogP contribution in [0.5, 0.6) is 0 Å². The molecule has 0 N–H and O–H groups in total. The number of amides is 2. The van der Waals surface area contributed by atoms with Crippen LogP contribution in [-0.2, 0) is 14.3 Å².